The molecule has 0 N–H and O–H groups in total. The smallest absolute Gasteiger partial charge is 0.167 e. The fourth-order valence-corrected chi connectivity index (χ4v) is 2.91. The van der Waals surface area contributed by atoms with Crippen LogP contribution in [-0.2, 0) is 19.4 Å². The Morgan fingerprint density at radius 3 is 2.73 bits per heavy atom. The number of ether oxygens (including phenoxy) is 1. The Morgan fingerprint density at radius 1 is 0.955 bits per heavy atom. The molecular weight excluding hydrogens is 274 g/mol. The number of benzene rings is 2. The number of rotatable bonds is 4. The summed E-state index contributed by atoms with van der Waals surface area (Å²) >= 11 is 0. The Labute approximate surface area is 129 Å². The third kappa shape index (κ3) is 2.62. The number of aromatic nitrogens is 1. The molecule has 0 fully saturated rings. The summed E-state index contributed by atoms with van der Waals surface area (Å²) in [4.78, 5) is 0. The van der Waals surface area contributed by atoms with E-state index in [-0.39, 0.29) is 0 Å². The third-order valence-corrected chi connectivity index (χ3v) is 4.07. The lowest BCUT2D eigenvalue weighted by molar-refractivity contribution is 0.290. The van der Waals surface area contributed by atoms with Gasteiger partial charge in [0.1, 0.15) is 18.1 Å². The van der Waals surface area contributed by atoms with Crippen molar-refractivity contribution in [3.05, 3.63) is 71.4 Å². The molecule has 0 saturated carbocycles. The molecule has 0 aliphatic heterocycles. The molecule has 0 atom stereocenters. The van der Waals surface area contributed by atoms with Crippen molar-refractivity contribution in [3.8, 4) is 17.1 Å². The topological polar surface area (TPSA) is 35.3 Å². The number of fused-ring (bicyclic) bond motifs is 1. The SMILES string of the molecule is c1ccc(-c2cc(COc3ccc4c(c3)CCC4)no2)cc1. The van der Waals surface area contributed by atoms with Crippen molar-refractivity contribution in [3.63, 3.8) is 0 Å². The van der Waals surface area contributed by atoms with Crippen molar-refractivity contribution >= 4 is 0 Å². The second-order valence-corrected chi connectivity index (χ2v) is 5.62. The largest absolute Gasteiger partial charge is 0.487 e. The lowest BCUT2D eigenvalue weighted by atomic mass is 10.1. The van der Waals surface area contributed by atoms with E-state index in [1.165, 1.54) is 24.0 Å². The van der Waals surface area contributed by atoms with Gasteiger partial charge in [0.25, 0.3) is 0 Å². The number of nitrogens with zero attached hydrogens (tertiary/aromatic N) is 1. The zero-order valence-corrected chi connectivity index (χ0v) is 12.3. The Bertz CT molecular complexity index is 777. The van der Waals surface area contributed by atoms with Gasteiger partial charge in [0.2, 0.25) is 0 Å². The fourth-order valence-electron chi connectivity index (χ4n) is 2.91. The van der Waals surface area contributed by atoms with Crippen LogP contribution < -0.4 is 4.74 Å². The lowest BCUT2D eigenvalue weighted by Crippen LogP contribution is -1.96. The maximum Gasteiger partial charge on any atom is 0.167 e. The first-order valence-electron chi connectivity index (χ1n) is 7.64. The normalized spacial score (nSPS) is 13.1. The minimum absolute atomic E-state index is 0.426. The summed E-state index contributed by atoms with van der Waals surface area (Å²) in [5.41, 5.74) is 4.71. The van der Waals surface area contributed by atoms with Gasteiger partial charge in [-0.25, -0.2) is 0 Å². The highest BCUT2D eigenvalue weighted by molar-refractivity contribution is 5.56. The molecule has 1 aromatic heterocycles. The minimum Gasteiger partial charge on any atom is -0.487 e. The third-order valence-electron chi connectivity index (χ3n) is 4.07. The molecule has 0 radical (unpaired) electrons. The van der Waals surface area contributed by atoms with Crippen molar-refractivity contribution in [2.45, 2.75) is 25.9 Å². The van der Waals surface area contributed by atoms with E-state index in [9.17, 15) is 0 Å². The van der Waals surface area contributed by atoms with E-state index in [4.69, 9.17) is 9.26 Å². The first kappa shape index (κ1) is 13.1. The van der Waals surface area contributed by atoms with Crippen LogP contribution in [0.25, 0.3) is 11.3 Å². The van der Waals surface area contributed by atoms with Gasteiger partial charge in [0.15, 0.2) is 5.76 Å². The van der Waals surface area contributed by atoms with E-state index in [2.05, 4.69) is 17.3 Å². The minimum atomic E-state index is 0.426. The summed E-state index contributed by atoms with van der Waals surface area (Å²) in [5, 5.41) is 4.08. The van der Waals surface area contributed by atoms with E-state index in [0.717, 1.165) is 29.2 Å². The quantitative estimate of drug-likeness (QED) is 0.714. The van der Waals surface area contributed by atoms with Crippen LogP contribution in [0.15, 0.2) is 59.1 Å². The summed E-state index contributed by atoms with van der Waals surface area (Å²) in [6.07, 6.45) is 3.61. The molecule has 4 rings (SSSR count). The molecule has 110 valence electrons. The molecular formula is C19H17NO2. The molecule has 0 spiro atoms. The highest BCUT2D eigenvalue weighted by atomic mass is 16.5. The van der Waals surface area contributed by atoms with Crippen LogP contribution in [0, 0.1) is 0 Å². The van der Waals surface area contributed by atoms with Gasteiger partial charge in [-0.15, -0.1) is 0 Å². The van der Waals surface area contributed by atoms with Gasteiger partial charge in [-0.2, -0.15) is 0 Å². The molecule has 0 amide bonds. The molecule has 1 heterocycles. The molecule has 3 heteroatoms. The summed E-state index contributed by atoms with van der Waals surface area (Å²) in [5.74, 6) is 1.68. The highest BCUT2D eigenvalue weighted by Gasteiger charge is 2.12. The Hall–Kier alpha value is -2.55. The molecule has 2 aromatic carbocycles. The number of aryl methyl sites for hydroxylation is 2. The van der Waals surface area contributed by atoms with Gasteiger partial charge in [0.05, 0.1) is 0 Å². The van der Waals surface area contributed by atoms with Crippen LogP contribution in [0.4, 0.5) is 0 Å². The van der Waals surface area contributed by atoms with Gasteiger partial charge in [0, 0.05) is 11.6 Å². The summed E-state index contributed by atoms with van der Waals surface area (Å²) in [6.45, 7) is 0.426. The van der Waals surface area contributed by atoms with E-state index in [1.807, 2.05) is 42.5 Å². The maximum absolute atomic E-state index is 5.84. The van der Waals surface area contributed by atoms with Crippen molar-refractivity contribution in [1.82, 2.24) is 5.16 Å². The second kappa shape index (κ2) is 5.68. The van der Waals surface area contributed by atoms with Crippen LogP contribution in [0.3, 0.4) is 0 Å². The van der Waals surface area contributed by atoms with E-state index >= 15 is 0 Å². The number of hydrogen-bond acceptors (Lipinski definition) is 3. The molecule has 3 aromatic rings. The van der Waals surface area contributed by atoms with Gasteiger partial charge in [-0.05, 0) is 42.5 Å². The second-order valence-electron chi connectivity index (χ2n) is 5.62. The Kier molecular flexibility index (Phi) is 3.39. The van der Waals surface area contributed by atoms with Crippen molar-refractivity contribution in [2.75, 3.05) is 0 Å². The fraction of sp³-hybridized carbons (Fsp3) is 0.211. The van der Waals surface area contributed by atoms with Crippen LogP contribution in [0.5, 0.6) is 5.75 Å². The monoisotopic (exact) mass is 291 g/mol. The van der Waals surface area contributed by atoms with E-state index in [0.29, 0.717) is 6.61 Å². The van der Waals surface area contributed by atoms with Gasteiger partial charge in [-0.1, -0.05) is 41.6 Å². The molecule has 22 heavy (non-hydrogen) atoms. The van der Waals surface area contributed by atoms with Gasteiger partial charge < -0.3 is 9.26 Å². The lowest BCUT2D eigenvalue weighted by Gasteiger charge is -2.06. The zero-order valence-electron chi connectivity index (χ0n) is 12.3. The Balaban J connectivity index is 1.45. The first-order chi connectivity index (χ1) is 10.9. The molecule has 0 bridgehead atoms. The highest BCUT2D eigenvalue weighted by Crippen LogP contribution is 2.27. The standard InChI is InChI=1S/C19H17NO2/c1-2-5-15(6-3-1)19-12-17(20-22-19)13-21-18-10-9-14-7-4-8-16(14)11-18/h1-3,5-6,9-12H,4,7-8,13H2. The van der Waals surface area contributed by atoms with E-state index in [1.54, 1.807) is 0 Å². The van der Waals surface area contributed by atoms with Crippen LogP contribution in [0.1, 0.15) is 23.2 Å². The van der Waals surface area contributed by atoms with Crippen LogP contribution in [0.2, 0.25) is 0 Å². The number of hydrogen-bond donors (Lipinski definition) is 0. The average Bonchev–Trinajstić information content (AvgIpc) is 3.22. The zero-order chi connectivity index (χ0) is 14.8. The summed E-state index contributed by atoms with van der Waals surface area (Å²) in [6, 6.07) is 18.3. The first-order valence-corrected chi connectivity index (χ1v) is 7.64. The van der Waals surface area contributed by atoms with Crippen LogP contribution in [-0.4, -0.2) is 5.16 Å². The maximum atomic E-state index is 5.84. The van der Waals surface area contributed by atoms with Crippen LogP contribution >= 0.6 is 0 Å². The van der Waals surface area contributed by atoms with E-state index < -0.39 is 0 Å². The molecule has 0 unspecified atom stereocenters. The summed E-state index contributed by atoms with van der Waals surface area (Å²) in [7, 11) is 0. The van der Waals surface area contributed by atoms with Gasteiger partial charge in [-0.3, -0.25) is 0 Å². The van der Waals surface area contributed by atoms with Crippen molar-refractivity contribution < 1.29 is 9.26 Å². The molecule has 1 aliphatic carbocycles. The Morgan fingerprint density at radius 2 is 1.82 bits per heavy atom. The van der Waals surface area contributed by atoms with Crippen molar-refractivity contribution in [1.29, 1.82) is 0 Å². The van der Waals surface area contributed by atoms with Crippen molar-refractivity contribution in [2.24, 2.45) is 0 Å². The molecule has 0 saturated heterocycles. The van der Waals surface area contributed by atoms with Gasteiger partial charge >= 0.3 is 0 Å². The molecule has 3 nitrogen and oxygen atoms in total. The predicted molar refractivity (Wildman–Crippen MR) is 84.7 cm³/mol. The average molecular weight is 291 g/mol. The molecule has 1 aliphatic rings. The summed E-state index contributed by atoms with van der Waals surface area (Å²) < 4.78 is 11.2. The predicted octanol–water partition coefficient (Wildman–Crippen LogP) is 4.41.